The van der Waals surface area contributed by atoms with Gasteiger partial charge in [0.15, 0.2) is 0 Å². The van der Waals surface area contributed by atoms with Gasteiger partial charge in [0.2, 0.25) is 0 Å². The first kappa shape index (κ1) is 13.6. The van der Waals surface area contributed by atoms with Crippen molar-refractivity contribution in [3.05, 3.63) is 64.4 Å². The molecule has 19 heavy (non-hydrogen) atoms. The summed E-state index contributed by atoms with van der Waals surface area (Å²) in [5.41, 5.74) is 6.43. The summed E-state index contributed by atoms with van der Waals surface area (Å²) < 4.78 is 13.0. The molecular formula is C15H14ClFN2. The molecule has 0 unspecified atom stereocenters. The van der Waals surface area contributed by atoms with Crippen LogP contribution < -0.4 is 5.43 Å². The van der Waals surface area contributed by atoms with E-state index in [1.54, 1.807) is 6.07 Å². The summed E-state index contributed by atoms with van der Waals surface area (Å²) in [6.07, 6.45) is 0. The number of halogens is 2. The van der Waals surface area contributed by atoms with Crippen molar-refractivity contribution < 1.29 is 4.39 Å². The van der Waals surface area contributed by atoms with Crippen molar-refractivity contribution in [1.82, 2.24) is 0 Å². The number of rotatable bonds is 3. The minimum Gasteiger partial charge on any atom is -0.278 e. The lowest BCUT2D eigenvalue weighted by atomic mass is 10.1. The molecular weight excluding hydrogens is 263 g/mol. The molecule has 2 rings (SSSR count). The predicted octanol–water partition coefficient (Wildman–Crippen LogP) is 4.62. The third-order valence-electron chi connectivity index (χ3n) is 2.81. The molecule has 0 saturated carbocycles. The van der Waals surface area contributed by atoms with Gasteiger partial charge in [-0.2, -0.15) is 5.10 Å². The van der Waals surface area contributed by atoms with Crippen molar-refractivity contribution >= 4 is 23.0 Å². The molecule has 2 aromatic carbocycles. The fraction of sp³-hybridized carbons (Fsp3) is 0.133. The summed E-state index contributed by atoms with van der Waals surface area (Å²) in [7, 11) is 0. The molecule has 0 amide bonds. The van der Waals surface area contributed by atoms with Gasteiger partial charge in [0.05, 0.1) is 16.4 Å². The highest BCUT2D eigenvalue weighted by atomic mass is 35.5. The number of nitrogens with one attached hydrogen (secondary N) is 1. The fourth-order valence-electron chi connectivity index (χ4n) is 1.69. The van der Waals surface area contributed by atoms with Gasteiger partial charge in [-0.1, -0.05) is 29.8 Å². The second-order valence-electron chi connectivity index (χ2n) is 4.25. The molecule has 0 aliphatic rings. The SMILES string of the molecule is C/C(=N/Nc1ccccc1C)c1ccc(F)cc1Cl. The molecule has 4 heteroatoms. The van der Waals surface area contributed by atoms with E-state index in [0.29, 0.717) is 16.3 Å². The van der Waals surface area contributed by atoms with Gasteiger partial charge < -0.3 is 0 Å². The molecule has 0 atom stereocenters. The molecule has 0 spiro atoms. The predicted molar refractivity (Wildman–Crippen MR) is 78.4 cm³/mol. The zero-order valence-electron chi connectivity index (χ0n) is 10.7. The van der Waals surface area contributed by atoms with E-state index < -0.39 is 0 Å². The third kappa shape index (κ3) is 3.32. The number of hydrogen-bond donors (Lipinski definition) is 1. The van der Waals surface area contributed by atoms with Crippen LogP contribution in [-0.2, 0) is 0 Å². The van der Waals surface area contributed by atoms with Crippen molar-refractivity contribution in [2.75, 3.05) is 5.43 Å². The first-order valence-electron chi connectivity index (χ1n) is 5.89. The van der Waals surface area contributed by atoms with E-state index in [9.17, 15) is 4.39 Å². The van der Waals surface area contributed by atoms with E-state index in [4.69, 9.17) is 11.6 Å². The topological polar surface area (TPSA) is 24.4 Å². The maximum absolute atomic E-state index is 13.0. The summed E-state index contributed by atoms with van der Waals surface area (Å²) in [5, 5.41) is 4.63. The Bertz CT molecular complexity index is 623. The highest BCUT2D eigenvalue weighted by Crippen LogP contribution is 2.19. The van der Waals surface area contributed by atoms with E-state index in [-0.39, 0.29) is 5.82 Å². The van der Waals surface area contributed by atoms with Crippen LogP contribution in [0.4, 0.5) is 10.1 Å². The van der Waals surface area contributed by atoms with Crippen LogP contribution in [0.15, 0.2) is 47.6 Å². The number of benzene rings is 2. The van der Waals surface area contributed by atoms with Gasteiger partial charge in [0.25, 0.3) is 0 Å². The Labute approximate surface area is 116 Å². The highest BCUT2D eigenvalue weighted by Gasteiger charge is 2.05. The molecule has 2 aromatic rings. The number of hydrazone groups is 1. The molecule has 0 heterocycles. The smallest absolute Gasteiger partial charge is 0.124 e. The van der Waals surface area contributed by atoms with Gasteiger partial charge in [-0.05, 0) is 43.7 Å². The van der Waals surface area contributed by atoms with Crippen LogP contribution in [-0.4, -0.2) is 5.71 Å². The second-order valence-corrected chi connectivity index (χ2v) is 4.66. The summed E-state index contributed by atoms with van der Waals surface area (Å²) >= 11 is 5.99. The Balaban J connectivity index is 2.22. The molecule has 1 N–H and O–H groups in total. The van der Waals surface area contributed by atoms with Crippen molar-refractivity contribution in [2.45, 2.75) is 13.8 Å². The van der Waals surface area contributed by atoms with Crippen LogP contribution in [0, 0.1) is 12.7 Å². The second kappa shape index (κ2) is 5.85. The number of nitrogens with zero attached hydrogens (tertiary/aromatic N) is 1. The van der Waals surface area contributed by atoms with E-state index in [1.165, 1.54) is 12.1 Å². The van der Waals surface area contributed by atoms with Gasteiger partial charge >= 0.3 is 0 Å². The van der Waals surface area contributed by atoms with E-state index in [0.717, 1.165) is 11.3 Å². The lowest BCUT2D eigenvalue weighted by molar-refractivity contribution is 0.628. The first-order chi connectivity index (χ1) is 9.08. The quantitative estimate of drug-likeness (QED) is 0.642. The van der Waals surface area contributed by atoms with Gasteiger partial charge in [-0.3, -0.25) is 5.43 Å². The Morgan fingerprint density at radius 2 is 1.95 bits per heavy atom. The number of aryl methyl sites for hydroxylation is 1. The van der Waals surface area contributed by atoms with Crippen molar-refractivity contribution in [3.63, 3.8) is 0 Å². The summed E-state index contributed by atoms with van der Waals surface area (Å²) in [5.74, 6) is -0.353. The minimum atomic E-state index is -0.353. The maximum atomic E-state index is 13.0. The van der Waals surface area contributed by atoms with Crippen LogP contribution in [0.2, 0.25) is 5.02 Å². The molecule has 2 nitrogen and oxygen atoms in total. The van der Waals surface area contributed by atoms with Crippen LogP contribution >= 0.6 is 11.6 Å². The van der Waals surface area contributed by atoms with Gasteiger partial charge in [-0.15, -0.1) is 0 Å². The van der Waals surface area contributed by atoms with Crippen molar-refractivity contribution in [1.29, 1.82) is 0 Å². The first-order valence-corrected chi connectivity index (χ1v) is 6.27. The van der Waals surface area contributed by atoms with E-state index >= 15 is 0 Å². The monoisotopic (exact) mass is 276 g/mol. The molecule has 0 bridgehead atoms. The van der Waals surface area contributed by atoms with E-state index in [1.807, 2.05) is 38.1 Å². The zero-order valence-corrected chi connectivity index (χ0v) is 11.5. The van der Waals surface area contributed by atoms with Gasteiger partial charge in [0.1, 0.15) is 5.82 Å². The maximum Gasteiger partial charge on any atom is 0.124 e. The molecule has 0 aromatic heterocycles. The van der Waals surface area contributed by atoms with Crippen LogP contribution in [0.1, 0.15) is 18.1 Å². The molecule has 0 saturated heterocycles. The van der Waals surface area contributed by atoms with Gasteiger partial charge in [-0.25, -0.2) is 4.39 Å². The third-order valence-corrected chi connectivity index (χ3v) is 3.12. The van der Waals surface area contributed by atoms with Crippen molar-refractivity contribution in [2.24, 2.45) is 5.10 Å². The molecule has 0 aliphatic heterocycles. The number of anilines is 1. The normalized spacial score (nSPS) is 11.5. The Kier molecular flexibility index (Phi) is 4.17. The molecule has 0 aliphatic carbocycles. The average Bonchev–Trinajstić information content (AvgIpc) is 2.37. The Morgan fingerprint density at radius 3 is 2.63 bits per heavy atom. The largest absolute Gasteiger partial charge is 0.278 e. The standard InChI is InChI=1S/C15H14ClFN2/c1-10-5-3-4-6-15(10)19-18-11(2)13-8-7-12(17)9-14(13)16/h3-9,19H,1-2H3/b18-11-. The number of hydrogen-bond acceptors (Lipinski definition) is 2. The van der Waals surface area contributed by atoms with Gasteiger partial charge in [0, 0.05) is 5.56 Å². The fourth-order valence-corrected chi connectivity index (χ4v) is 1.99. The Morgan fingerprint density at radius 1 is 1.21 bits per heavy atom. The van der Waals surface area contributed by atoms with Crippen LogP contribution in [0.25, 0.3) is 0 Å². The minimum absolute atomic E-state index is 0.353. The Hall–Kier alpha value is -1.87. The number of para-hydroxylation sites is 1. The summed E-state index contributed by atoms with van der Waals surface area (Å²) in [6, 6.07) is 12.1. The zero-order chi connectivity index (χ0) is 13.8. The molecule has 0 radical (unpaired) electrons. The lowest BCUT2D eigenvalue weighted by Crippen LogP contribution is -2.01. The average molecular weight is 277 g/mol. The summed E-state index contributed by atoms with van der Waals surface area (Å²) in [4.78, 5) is 0. The van der Waals surface area contributed by atoms with E-state index in [2.05, 4.69) is 10.5 Å². The van der Waals surface area contributed by atoms with Crippen LogP contribution in [0.3, 0.4) is 0 Å². The summed E-state index contributed by atoms with van der Waals surface area (Å²) in [6.45, 7) is 3.82. The van der Waals surface area contributed by atoms with Crippen LogP contribution in [0.5, 0.6) is 0 Å². The molecule has 98 valence electrons. The lowest BCUT2D eigenvalue weighted by Gasteiger charge is -2.07. The molecule has 0 fully saturated rings. The van der Waals surface area contributed by atoms with Crippen molar-refractivity contribution in [3.8, 4) is 0 Å². The highest BCUT2D eigenvalue weighted by molar-refractivity contribution is 6.34.